The zero-order valence-electron chi connectivity index (χ0n) is 12.8. The van der Waals surface area contributed by atoms with Crippen molar-refractivity contribution in [3.05, 3.63) is 59.2 Å². The van der Waals surface area contributed by atoms with Gasteiger partial charge in [0.15, 0.2) is 11.5 Å². The molecule has 1 aliphatic heterocycles. The Labute approximate surface area is 130 Å². The maximum absolute atomic E-state index is 12.2. The van der Waals surface area contributed by atoms with Crippen LogP contribution in [0.15, 0.2) is 42.5 Å². The Morgan fingerprint density at radius 3 is 2.59 bits per heavy atom. The molecule has 4 heteroatoms. The highest BCUT2D eigenvalue weighted by atomic mass is 16.5. The number of carbonyl (C=O) groups excluding carboxylic acids is 1. The van der Waals surface area contributed by atoms with Crippen LogP contribution in [0.25, 0.3) is 0 Å². The van der Waals surface area contributed by atoms with Crippen molar-refractivity contribution >= 4 is 5.91 Å². The van der Waals surface area contributed by atoms with Crippen molar-refractivity contribution < 1.29 is 14.3 Å². The Morgan fingerprint density at radius 2 is 1.82 bits per heavy atom. The van der Waals surface area contributed by atoms with Gasteiger partial charge >= 0.3 is 0 Å². The molecule has 2 aromatic rings. The summed E-state index contributed by atoms with van der Waals surface area (Å²) < 4.78 is 10.7. The van der Waals surface area contributed by atoms with E-state index in [1.165, 1.54) is 0 Å². The lowest BCUT2D eigenvalue weighted by molar-refractivity contribution is 0.0954. The topological polar surface area (TPSA) is 47.6 Å². The number of nitrogens with one attached hydrogen (secondary N) is 1. The fourth-order valence-corrected chi connectivity index (χ4v) is 2.91. The number of fused-ring (bicyclic) bond motifs is 1. The number of amides is 1. The van der Waals surface area contributed by atoms with Gasteiger partial charge in [0, 0.05) is 18.0 Å². The first-order chi connectivity index (χ1) is 10.7. The molecular formula is C18H19NO3. The predicted octanol–water partition coefficient (Wildman–Crippen LogP) is 2.77. The zero-order chi connectivity index (χ0) is 15.5. The molecule has 0 spiro atoms. The molecule has 0 saturated heterocycles. The third-order valence-electron chi connectivity index (χ3n) is 4.12. The number of hydrogen-bond acceptors (Lipinski definition) is 3. The molecule has 3 rings (SSSR count). The highest BCUT2D eigenvalue weighted by Gasteiger charge is 2.23. The summed E-state index contributed by atoms with van der Waals surface area (Å²) in [5.74, 6) is 1.64. The predicted molar refractivity (Wildman–Crippen MR) is 84.8 cm³/mol. The molecule has 1 N–H and O–H groups in total. The summed E-state index contributed by atoms with van der Waals surface area (Å²) in [5.41, 5.74) is 2.98. The summed E-state index contributed by atoms with van der Waals surface area (Å²) in [6, 6.07) is 13.7. The van der Waals surface area contributed by atoms with E-state index in [0.717, 1.165) is 23.1 Å². The number of hydrogen-bond donors (Lipinski definition) is 1. The van der Waals surface area contributed by atoms with Crippen molar-refractivity contribution in [1.29, 1.82) is 0 Å². The van der Waals surface area contributed by atoms with Gasteiger partial charge in [0.1, 0.15) is 0 Å². The Kier molecular flexibility index (Phi) is 4.00. The van der Waals surface area contributed by atoms with Gasteiger partial charge in [-0.25, -0.2) is 0 Å². The molecule has 0 fully saturated rings. The third kappa shape index (κ3) is 2.64. The molecule has 0 aromatic heterocycles. The van der Waals surface area contributed by atoms with Gasteiger partial charge in [0.25, 0.3) is 5.91 Å². The minimum absolute atomic E-state index is 0.00132. The van der Waals surface area contributed by atoms with Crippen LogP contribution in [0.3, 0.4) is 0 Å². The summed E-state index contributed by atoms with van der Waals surface area (Å²) in [5, 5.41) is 3.00. The van der Waals surface area contributed by atoms with E-state index < -0.39 is 0 Å². The van der Waals surface area contributed by atoms with E-state index >= 15 is 0 Å². The summed E-state index contributed by atoms with van der Waals surface area (Å²) in [6.45, 7) is 0.614. The number of rotatable bonds is 3. The largest absolute Gasteiger partial charge is 0.493 e. The van der Waals surface area contributed by atoms with E-state index in [1.807, 2.05) is 42.5 Å². The van der Waals surface area contributed by atoms with Crippen molar-refractivity contribution in [2.75, 3.05) is 20.8 Å². The molecule has 0 radical (unpaired) electrons. The van der Waals surface area contributed by atoms with Gasteiger partial charge in [-0.1, -0.05) is 24.3 Å². The van der Waals surface area contributed by atoms with Crippen LogP contribution >= 0.6 is 0 Å². The van der Waals surface area contributed by atoms with Crippen molar-refractivity contribution in [1.82, 2.24) is 5.32 Å². The van der Waals surface area contributed by atoms with Crippen LogP contribution in [0.2, 0.25) is 0 Å². The monoisotopic (exact) mass is 297 g/mol. The normalized spacial score (nSPS) is 17.2. The first kappa shape index (κ1) is 14.4. The summed E-state index contributed by atoms with van der Waals surface area (Å²) in [7, 11) is 3.26. The molecular weight excluding hydrogens is 278 g/mol. The van der Waals surface area contributed by atoms with Crippen LogP contribution in [0.5, 0.6) is 11.5 Å². The van der Waals surface area contributed by atoms with Crippen LogP contribution in [0.1, 0.15) is 27.4 Å². The molecule has 0 aliphatic carbocycles. The molecule has 1 heterocycles. The van der Waals surface area contributed by atoms with E-state index in [9.17, 15) is 4.79 Å². The first-order valence-corrected chi connectivity index (χ1v) is 7.31. The smallest absolute Gasteiger partial charge is 0.251 e. The molecule has 0 saturated carbocycles. The summed E-state index contributed by atoms with van der Waals surface area (Å²) >= 11 is 0. The lowest BCUT2D eigenvalue weighted by atomic mass is 9.91. The fourth-order valence-electron chi connectivity index (χ4n) is 2.91. The van der Waals surface area contributed by atoms with E-state index in [1.54, 1.807) is 14.2 Å². The van der Waals surface area contributed by atoms with Crippen LogP contribution < -0.4 is 14.8 Å². The van der Waals surface area contributed by atoms with E-state index in [-0.39, 0.29) is 11.8 Å². The van der Waals surface area contributed by atoms with Crippen molar-refractivity contribution in [3.63, 3.8) is 0 Å². The van der Waals surface area contributed by atoms with Crippen molar-refractivity contribution in [3.8, 4) is 11.5 Å². The highest BCUT2D eigenvalue weighted by molar-refractivity contribution is 5.96. The lowest BCUT2D eigenvalue weighted by Gasteiger charge is -2.17. The third-order valence-corrected chi connectivity index (χ3v) is 4.12. The van der Waals surface area contributed by atoms with Gasteiger partial charge in [0.05, 0.1) is 14.2 Å². The number of methoxy groups -OCH3 is 2. The Hall–Kier alpha value is -2.49. The SMILES string of the molecule is COc1ccc(C2CNC(=O)c3ccccc3C2)cc1OC. The second kappa shape index (κ2) is 6.10. The molecule has 22 heavy (non-hydrogen) atoms. The Balaban J connectivity index is 1.95. The van der Waals surface area contributed by atoms with E-state index in [0.29, 0.717) is 18.0 Å². The summed E-state index contributed by atoms with van der Waals surface area (Å²) in [4.78, 5) is 12.2. The van der Waals surface area contributed by atoms with Gasteiger partial charge in [-0.15, -0.1) is 0 Å². The maximum atomic E-state index is 12.2. The first-order valence-electron chi connectivity index (χ1n) is 7.31. The second-order valence-corrected chi connectivity index (χ2v) is 5.38. The van der Waals surface area contributed by atoms with Crippen LogP contribution in [-0.4, -0.2) is 26.7 Å². The van der Waals surface area contributed by atoms with Gasteiger partial charge in [0.2, 0.25) is 0 Å². The molecule has 1 atom stereocenters. The minimum Gasteiger partial charge on any atom is -0.493 e. The van der Waals surface area contributed by atoms with Crippen LogP contribution in [0, 0.1) is 0 Å². The van der Waals surface area contributed by atoms with Gasteiger partial charge in [-0.05, 0) is 35.7 Å². The standard InChI is InChI=1S/C18H19NO3/c1-21-16-8-7-12(10-17(16)22-2)14-9-13-5-3-4-6-15(13)18(20)19-11-14/h3-8,10,14H,9,11H2,1-2H3,(H,19,20). The van der Waals surface area contributed by atoms with Gasteiger partial charge < -0.3 is 14.8 Å². The van der Waals surface area contributed by atoms with Crippen LogP contribution in [0.4, 0.5) is 0 Å². The van der Waals surface area contributed by atoms with Crippen molar-refractivity contribution in [2.45, 2.75) is 12.3 Å². The van der Waals surface area contributed by atoms with Crippen LogP contribution in [-0.2, 0) is 6.42 Å². The number of benzene rings is 2. The highest BCUT2D eigenvalue weighted by Crippen LogP contribution is 2.32. The van der Waals surface area contributed by atoms with Crippen molar-refractivity contribution in [2.24, 2.45) is 0 Å². The summed E-state index contributed by atoms with van der Waals surface area (Å²) in [6.07, 6.45) is 0.824. The average molecular weight is 297 g/mol. The fraction of sp³-hybridized carbons (Fsp3) is 0.278. The van der Waals surface area contributed by atoms with Gasteiger partial charge in [-0.2, -0.15) is 0 Å². The average Bonchev–Trinajstić information content (AvgIpc) is 2.74. The molecule has 1 amide bonds. The molecule has 1 aliphatic rings. The Bertz CT molecular complexity index is 696. The quantitative estimate of drug-likeness (QED) is 0.947. The molecule has 2 aromatic carbocycles. The zero-order valence-corrected chi connectivity index (χ0v) is 12.8. The molecule has 114 valence electrons. The second-order valence-electron chi connectivity index (χ2n) is 5.38. The van der Waals surface area contributed by atoms with E-state index in [4.69, 9.17) is 9.47 Å². The lowest BCUT2D eigenvalue weighted by Crippen LogP contribution is -2.26. The molecule has 0 bridgehead atoms. The Morgan fingerprint density at radius 1 is 1.05 bits per heavy atom. The maximum Gasteiger partial charge on any atom is 0.251 e. The number of carbonyl (C=O) groups is 1. The van der Waals surface area contributed by atoms with E-state index in [2.05, 4.69) is 5.32 Å². The molecule has 4 nitrogen and oxygen atoms in total. The number of ether oxygens (including phenoxy) is 2. The minimum atomic E-state index is -0.00132. The van der Waals surface area contributed by atoms with Gasteiger partial charge in [-0.3, -0.25) is 4.79 Å². The molecule has 1 unspecified atom stereocenters.